The highest BCUT2D eigenvalue weighted by Crippen LogP contribution is 2.42. The van der Waals surface area contributed by atoms with Gasteiger partial charge in [0.15, 0.2) is 0 Å². The normalized spacial score (nSPS) is 22.1. The zero-order chi connectivity index (χ0) is 29.4. The van der Waals surface area contributed by atoms with Crippen molar-refractivity contribution in [2.75, 3.05) is 52.1 Å². The van der Waals surface area contributed by atoms with Gasteiger partial charge in [0.1, 0.15) is 5.75 Å². The van der Waals surface area contributed by atoms with Crippen molar-refractivity contribution in [2.24, 2.45) is 11.8 Å². The van der Waals surface area contributed by atoms with E-state index < -0.39 is 6.10 Å². The number of hydrogen-bond donors (Lipinski definition) is 3. The molecule has 4 heterocycles. The lowest BCUT2D eigenvalue weighted by Crippen LogP contribution is -2.54. The molecule has 3 aromatic rings. The maximum Gasteiger partial charge on any atom is 0.251 e. The number of carbonyl (C=O) groups excluding carboxylic acids is 1. The molecule has 8 heteroatoms. The molecule has 0 spiro atoms. The summed E-state index contributed by atoms with van der Waals surface area (Å²) < 4.78 is 5.35. The Labute approximate surface area is 244 Å². The van der Waals surface area contributed by atoms with Gasteiger partial charge in [0.05, 0.1) is 18.7 Å². The van der Waals surface area contributed by atoms with Crippen LogP contribution in [0.3, 0.4) is 0 Å². The summed E-state index contributed by atoms with van der Waals surface area (Å²) in [5, 5.41) is 15.0. The minimum Gasteiger partial charge on any atom is -0.497 e. The first-order valence-electron chi connectivity index (χ1n) is 14.7. The second-order valence-corrected chi connectivity index (χ2v) is 10.9. The monoisotopic (exact) mass is 559 g/mol. The molecular weight excluding hydrogens is 514 g/mol. The van der Waals surface area contributed by atoms with Gasteiger partial charge in [0, 0.05) is 48.5 Å². The summed E-state index contributed by atoms with van der Waals surface area (Å²) in [4.78, 5) is 20.9. The molecule has 0 aliphatic carbocycles. The van der Waals surface area contributed by atoms with Gasteiger partial charge in [0.25, 0.3) is 5.91 Å². The lowest BCUT2D eigenvalue weighted by Gasteiger charge is -2.50. The number of nitrogens with two attached hydrogens (primary N) is 1. The fourth-order valence-corrected chi connectivity index (χ4v) is 6.05. The van der Waals surface area contributed by atoms with Gasteiger partial charge in [-0.15, -0.1) is 6.58 Å². The number of pyridine rings is 1. The molecule has 2 aromatic carbocycles. The number of piperidine rings is 3. The van der Waals surface area contributed by atoms with Crippen LogP contribution in [-0.4, -0.2) is 78.2 Å². The number of aromatic nitrogens is 1. The molecule has 3 saturated heterocycles. The van der Waals surface area contributed by atoms with E-state index in [9.17, 15) is 9.90 Å². The number of aliphatic hydroxyl groups excluding tert-OH is 1. The molecular formula is C33H45N5O3. The van der Waals surface area contributed by atoms with E-state index in [-0.39, 0.29) is 11.9 Å². The standard InChI is InChI=1S/C20H24N2O2.C13H21N3O/c1-3-13-12-22-9-7-14(13)10-19(22)20(23)16-6-8-21-18-5-4-15(24-2)11-17(16)18;1-3-16(4-2)10-9-15-13(17)11-5-7-12(14)8-6-11/h3-6,8,11,13-14,19-20,23H,1,7,9-10,12H2,2H3;5-8H,3-4,9-10,14H2,1-2H3,(H,15,17). The molecule has 5 unspecified atom stereocenters. The molecule has 5 atom stereocenters. The van der Waals surface area contributed by atoms with Gasteiger partial charge < -0.3 is 25.8 Å². The van der Waals surface area contributed by atoms with Crippen molar-refractivity contribution in [3.05, 3.63) is 78.5 Å². The Kier molecular flexibility index (Phi) is 10.7. The summed E-state index contributed by atoms with van der Waals surface area (Å²) in [6.45, 7) is 13.9. The number of likely N-dealkylation sites (N-methyl/N-ethyl adjacent to an activating group) is 1. The third-order valence-electron chi connectivity index (χ3n) is 8.60. The smallest absolute Gasteiger partial charge is 0.251 e. The van der Waals surface area contributed by atoms with Crippen LogP contribution in [0.4, 0.5) is 5.69 Å². The zero-order valence-corrected chi connectivity index (χ0v) is 24.6. The van der Waals surface area contributed by atoms with Crippen LogP contribution in [0.1, 0.15) is 48.7 Å². The van der Waals surface area contributed by atoms with E-state index in [0.29, 0.717) is 29.6 Å². The third kappa shape index (κ3) is 7.44. The Hall–Kier alpha value is -3.46. The Morgan fingerprint density at radius 3 is 2.63 bits per heavy atom. The number of nitrogen functional groups attached to an aromatic ring is 1. The number of nitrogens with one attached hydrogen (secondary N) is 1. The molecule has 2 bridgehead atoms. The summed E-state index contributed by atoms with van der Waals surface area (Å²) >= 11 is 0. The number of hydrogen-bond acceptors (Lipinski definition) is 7. The first kappa shape index (κ1) is 30.5. The lowest BCUT2D eigenvalue weighted by atomic mass is 9.73. The molecule has 1 aromatic heterocycles. The lowest BCUT2D eigenvalue weighted by molar-refractivity contribution is -0.0444. The topological polar surface area (TPSA) is 104 Å². The van der Waals surface area contributed by atoms with Gasteiger partial charge in [-0.2, -0.15) is 0 Å². The second kappa shape index (κ2) is 14.4. The summed E-state index contributed by atoms with van der Waals surface area (Å²) in [6.07, 6.45) is 5.62. The number of ether oxygens (including phenoxy) is 1. The van der Waals surface area contributed by atoms with Crippen LogP contribution < -0.4 is 15.8 Å². The Morgan fingerprint density at radius 1 is 1.24 bits per heavy atom. The number of anilines is 1. The van der Waals surface area contributed by atoms with Crippen LogP contribution in [0.25, 0.3) is 10.9 Å². The van der Waals surface area contributed by atoms with Crippen LogP contribution in [0.5, 0.6) is 5.75 Å². The Balaban J connectivity index is 0.000000202. The van der Waals surface area contributed by atoms with Gasteiger partial charge >= 0.3 is 0 Å². The quantitative estimate of drug-likeness (QED) is 0.248. The van der Waals surface area contributed by atoms with Crippen molar-refractivity contribution in [2.45, 2.75) is 38.8 Å². The Morgan fingerprint density at radius 2 is 2.00 bits per heavy atom. The number of methoxy groups -OCH3 is 1. The molecule has 3 aliphatic rings. The van der Waals surface area contributed by atoms with Crippen LogP contribution >= 0.6 is 0 Å². The summed E-state index contributed by atoms with van der Waals surface area (Å²) in [5.74, 6) is 1.96. The average Bonchev–Trinajstić information content (AvgIpc) is 3.02. The van der Waals surface area contributed by atoms with Gasteiger partial charge in [-0.1, -0.05) is 19.9 Å². The number of aliphatic hydroxyl groups is 1. The molecule has 6 rings (SSSR count). The highest BCUT2D eigenvalue weighted by molar-refractivity contribution is 5.94. The molecule has 3 aliphatic heterocycles. The van der Waals surface area contributed by atoms with E-state index in [4.69, 9.17) is 10.5 Å². The number of rotatable bonds is 10. The maximum absolute atomic E-state index is 11.7. The van der Waals surface area contributed by atoms with Gasteiger partial charge in [-0.25, -0.2) is 0 Å². The first-order valence-corrected chi connectivity index (χ1v) is 14.7. The van der Waals surface area contributed by atoms with E-state index >= 15 is 0 Å². The predicted molar refractivity (Wildman–Crippen MR) is 166 cm³/mol. The van der Waals surface area contributed by atoms with Crippen LogP contribution in [0.15, 0.2) is 67.4 Å². The number of benzene rings is 2. The fourth-order valence-electron chi connectivity index (χ4n) is 6.05. The largest absolute Gasteiger partial charge is 0.497 e. The number of carbonyl (C=O) groups is 1. The highest BCUT2D eigenvalue weighted by atomic mass is 16.5. The minimum absolute atomic E-state index is 0.0443. The molecule has 0 radical (unpaired) electrons. The van der Waals surface area contributed by atoms with Crippen LogP contribution in [0.2, 0.25) is 0 Å². The minimum atomic E-state index is -0.504. The van der Waals surface area contributed by atoms with Crippen molar-refractivity contribution < 1.29 is 14.6 Å². The molecule has 41 heavy (non-hydrogen) atoms. The molecule has 1 amide bonds. The van der Waals surface area contributed by atoms with Crippen molar-refractivity contribution in [3.8, 4) is 5.75 Å². The zero-order valence-electron chi connectivity index (χ0n) is 24.6. The van der Waals surface area contributed by atoms with Crippen LogP contribution in [-0.2, 0) is 0 Å². The van der Waals surface area contributed by atoms with Gasteiger partial charge in [0.2, 0.25) is 0 Å². The van der Waals surface area contributed by atoms with E-state index in [1.807, 2.05) is 24.3 Å². The highest BCUT2D eigenvalue weighted by Gasteiger charge is 2.42. The van der Waals surface area contributed by atoms with Crippen molar-refractivity contribution in [1.29, 1.82) is 0 Å². The van der Waals surface area contributed by atoms with Gasteiger partial charge in [-0.3, -0.25) is 14.7 Å². The SMILES string of the molecule is C=CC1CN2CCC1CC2C(O)c1ccnc2ccc(OC)cc12.CCN(CC)CCNC(=O)c1ccc(N)cc1. The van der Waals surface area contributed by atoms with E-state index in [1.54, 1.807) is 37.6 Å². The molecule has 3 fully saturated rings. The molecule has 220 valence electrons. The first-order chi connectivity index (χ1) is 19.9. The Bertz CT molecular complexity index is 1290. The predicted octanol–water partition coefficient (Wildman–Crippen LogP) is 4.51. The number of fused-ring (bicyclic) bond motifs is 4. The van der Waals surface area contributed by atoms with E-state index in [0.717, 1.165) is 61.4 Å². The summed E-state index contributed by atoms with van der Waals surface area (Å²) in [5.41, 5.74) is 8.73. The number of amides is 1. The summed E-state index contributed by atoms with van der Waals surface area (Å²) in [6, 6.07) is 14.9. The third-order valence-corrected chi connectivity index (χ3v) is 8.60. The average molecular weight is 560 g/mol. The fraction of sp³-hybridized carbons (Fsp3) is 0.455. The van der Waals surface area contributed by atoms with E-state index in [1.165, 1.54) is 6.42 Å². The second-order valence-electron chi connectivity index (χ2n) is 10.9. The summed E-state index contributed by atoms with van der Waals surface area (Å²) in [7, 11) is 1.66. The number of nitrogens with zero attached hydrogens (tertiary/aromatic N) is 3. The van der Waals surface area contributed by atoms with Crippen LogP contribution in [0, 0.1) is 11.8 Å². The molecule has 4 N–H and O–H groups in total. The van der Waals surface area contributed by atoms with Crippen molar-refractivity contribution in [1.82, 2.24) is 20.1 Å². The molecule has 0 saturated carbocycles. The van der Waals surface area contributed by atoms with Crippen molar-refractivity contribution >= 4 is 22.5 Å². The van der Waals surface area contributed by atoms with Crippen molar-refractivity contribution in [3.63, 3.8) is 0 Å². The van der Waals surface area contributed by atoms with Gasteiger partial charge in [-0.05, 0) is 98.4 Å². The molecule has 8 nitrogen and oxygen atoms in total. The van der Waals surface area contributed by atoms with E-state index in [2.05, 4.69) is 46.6 Å². The maximum atomic E-state index is 11.7.